The molecule has 1 atom stereocenters. The van der Waals surface area contributed by atoms with Crippen LogP contribution in [0.5, 0.6) is 0 Å². The van der Waals surface area contributed by atoms with Gasteiger partial charge in [0, 0.05) is 36.9 Å². The van der Waals surface area contributed by atoms with Crippen molar-refractivity contribution in [1.29, 1.82) is 0 Å². The summed E-state index contributed by atoms with van der Waals surface area (Å²) in [6.07, 6.45) is 3.57. The largest absolute Gasteiger partial charge is 0.340 e. The molecule has 21 heavy (non-hydrogen) atoms. The smallest absolute Gasteiger partial charge is 0.244 e. The molecule has 1 N–H and O–H groups in total. The van der Waals surface area contributed by atoms with Gasteiger partial charge in [-0.2, -0.15) is 5.10 Å². The van der Waals surface area contributed by atoms with Crippen LogP contribution in [0.2, 0.25) is 0 Å². The third-order valence-electron chi connectivity index (χ3n) is 3.28. The fourth-order valence-corrected chi connectivity index (χ4v) is 2.68. The number of amides is 1. The van der Waals surface area contributed by atoms with Gasteiger partial charge in [0.1, 0.15) is 6.04 Å². The maximum absolute atomic E-state index is 12.6. The summed E-state index contributed by atoms with van der Waals surface area (Å²) in [4.78, 5) is 14.3. The van der Waals surface area contributed by atoms with Gasteiger partial charge in [-0.05, 0) is 24.7 Å². The van der Waals surface area contributed by atoms with Gasteiger partial charge in [-0.15, -0.1) is 0 Å². The third-order valence-corrected chi connectivity index (χ3v) is 3.77. The summed E-state index contributed by atoms with van der Waals surface area (Å²) in [6.45, 7) is 0.566. The summed E-state index contributed by atoms with van der Waals surface area (Å²) in [7, 11) is 5.43. The number of likely N-dealkylation sites (N-methyl/N-ethyl adjacent to an activating group) is 2. The molecule has 0 aliphatic carbocycles. The number of carbonyl (C=O) groups excluding carboxylic acids is 1. The average molecular weight is 351 g/mol. The van der Waals surface area contributed by atoms with Gasteiger partial charge in [0.05, 0.1) is 6.20 Å². The molecule has 0 fully saturated rings. The van der Waals surface area contributed by atoms with Crippen LogP contribution in [0, 0.1) is 0 Å². The van der Waals surface area contributed by atoms with E-state index in [4.69, 9.17) is 0 Å². The number of aryl methyl sites for hydroxylation is 1. The highest BCUT2D eigenvalue weighted by Gasteiger charge is 2.23. The van der Waals surface area contributed by atoms with E-state index in [1.54, 1.807) is 22.8 Å². The predicted octanol–water partition coefficient (Wildman–Crippen LogP) is 2.10. The Bertz CT molecular complexity index is 626. The van der Waals surface area contributed by atoms with E-state index in [1.165, 1.54) is 0 Å². The molecule has 0 bridgehead atoms. The van der Waals surface area contributed by atoms with Crippen LogP contribution >= 0.6 is 15.9 Å². The zero-order valence-electron chi connectivity index (χ0n) is 12.4. The van der Waals surface area contributed by atoms with E-state index in [0.29, 0.717) is 6.54 Å². The number of benzene rings is 1. The number of hydrogen-bond acceptors (Lipinski definition) is 3. The molecule has 1 aromatic heterocycles. The first kappa shape index (κ1) is 15.7. The highest BCUT2D eigenvalue weighted by Crippen LogP contribution is 2.17. The number of rotatable bonds is 5. The Morgan fingerprint density at radius 2 is 2.29 bits per heavy atom. The van der Waals surface area contributed by atoms with E-state index in [0.717, 1.165) is 15.6 Å². The maximum Gasteiger partial charge on any atom is 0.244 e. The van der Waals surface area contributed by atoms with Crippen molar-refractivity contribution in [2.24, 2.45) is 7.05 Å². The SMILES string of the molecule is CNC(C(=O)N(C)Cc1cccc(Br)c1)c1cnn(C)c1. The highest BCUT2D eigenvalue weighted by molar-refractivity contribution is 9.10. The fraction of sp³-hybridized carbons (Fsp3) is 0.333. The number of carbonyl (C=O) groups is 1. The van der Waals surface area contributed by atoms with E-state index < -0.39 is 0 Å². The monoisotopic (exact) mass is 350 g/mol. The lowest BCUT2D eigenvalue weighted by Crippen LogP contribution is -2.37. The van der Waals surface area contributed by atoms with E-state index in [-0.39, 0.29) is 11.9 Å². The van der Waals surface area contributed by atoms with Crippen LogP contribution in [0.3, 0.4) is 0 Å². The number of nitrogens with one attached hydrogen (secondary N) is 1. The lowest BCUT2D eigenvalue weighted by molar-refractivity contribution is -0.132. The molecule has 112 valence electrons. The molecular weight excluding hydrogens is 332 g/mol. The zero-order valence-corrected chi connectivity index (χ0v) is 14.0. The minimum absolute atomic E-state index is 0.0190. The minimum Gasteiger partial charge on any atom is -0.340 e. The van der Waals surface area contributed by atoms with Gasteiger partial charge in [0.15, 0.2) is 0 Å². The Labute approximate surface area is 133 Å². The van der Waals surface area contributed by atoms with E-state index in [2.05, 4.69) is 26.3 Å². The first-order valence-corrected chi connectivity index (χ1v) is 7.46. The van der Waals surface area contributed by atoms with Crippen molar-refractivity contribution in [3.63, 3.8) is 0 Å². The summed E-state index contributed by atoms with van der Waals surface area (Å²) in [6, 6.07) is 7.58. The van der Waals surface area contributed by atoms with Gasteiger partial charge in [-0.25, -0.2) is 0 Å². The van der Waals surface area contributed by atoms with Gasteiger partial charge < -0.3 is 10.2 Å². The van der Waals surface area contributed by atoms with Crippen LogP contribution < -0.4 is 5.32 Å². The third kappa shape index (κ3) is 3.92. The van der Waals surface area contributed by atoms with Gasteiger partial charge in [0.25, 0.3) is 0 Å². The minimum atomic E-state index is -0.379. The normalized spacial score (nSPS) is 12.2. The molecule has 2 rings (SSSR count). The van der Waals surface area contributed by atoms with Crippen LogP contribution in [0.25, 0.3) is 0 Å². The van der Waals surface area contributed by atoms with Gasteiger partial charge in [0.2, 0.25) is 5.91 Å². The van der Waals surface area contributed by atoms with Gasteiger partial charge >= 0.3 is 0 Å². The second kappa shape index (κ2) is 6.87. The van der Waals surface area contributed by atoms with Crippen LogP contribution in [0.15, 0.2) is 41.1 Å². The van der Waals surface area contributed by atoms with Crippen molar-refractivity contribution in [3.05, 3.63) is 52.3 Å². The van der Waals surface area contributed by atoms with Crippen LogP contribution in [-0.4, -0.2) is 34.7 Å². The Hall–Kier alpha value is -1.66. The molecule has 1 heterocycles. The number of halogens is 1. The van der Waals surface area contributed by atoms with E-state index in [9.17, 15) is 4.79 Å². The molecule has 0 aliphatic heterocycles. The van der Waals surface area contributed by atoms with Crippen molar-refractivity contribution < 1.29 is 4.79 Å². The molecule has 0 aliphatic rings. The molecule has 1 unspecified atom stereocenters. The van der Waals surface area contributed by atoms with Crippen LogP contribution in [-0.2, 0) is 18.4 Å². The summed E-state index contributed by atoms with van der Waals surface area (Å²) >= 11 is 3.44. The fourth-order valence-electron chi connectivity index (χ4n) is 2.23. The summed E-state index contributed by atoms with van der Waals surface area (Å²) in [5.41, 5.74) is 1.95. The average Bonchev–Trinajstić information content (AvgIpc) is 2.86. The highest BCUT2D eigenvalue weighted by atomic mass is 79.9. The van der Waals surface area contributed by atoms with Crippen molar-refractivity contribution in [1.82, 2.24) is 20.0 Å². The van der Waals surface area contributed by atoms with Gasteiger partial charge in [-0.1, -0.05) is 28.1 Å². The molecule has 1 aromatic carbocycles. The second-order valence-electron chi connectivity index (χ2n) is 4.99. The number of aromatic nitrogens is 2. The van der Waals surface area contributed by atoms with Crippen molar-refractivity contribution in [2.45, 2.75) is 12.6 Å². The van der Waals surface area contributed by atoms with Crippen molar-refractivity contribution >= 4 is 21.8 Å². The Morgan fingerprint density at radius 3 is 2.86 bits per heavy atom. The summed E-state index contributed by atoms with van der Waals surface area (Å²) < 4.78 is 2.71. The van der Waals surface area contributed by atoms with Crippen molar-refractivity contribution in [2.75, 3.05) is 14.1 Å². The summed E-state index contributed by atoms with van der Waals surface area (Å²) in [5.74, 6) is 0.0190. The molecule has 0 saturated carbocycles. The maximum atomic E-state index is 12.6. The van der Waals surface area contributed by atoms with Crippen LogP contribution in [0.1, 0.15) is 17.2 Å². The van der Waals surface area contributed by atoms with Crippen LogP contribution in [0.4, 0.5) is 0 Å². The molecule has 1 amide bonds. The quantitative estimate of drug-likeness (QED) is 0.898. The molecular formula is C15H19BrN4O. The topological polar surface area (TPSA) is 50.2 Å². The van der Waals surface area contributed by atoms with E-state index in [1.807, 2.05) is 44.6 Å². The van der Waals surface area contributed by atoms with Crippen molar-refractivity contribution in [3.8, 4) is 0 Å². The standard InChI is InChI=1S/C15H19BrN4O/c1-17-14(12-8-18-20(3)10-12)15(21)19(2)9-11-5-4-6-13(16)7-11/h4-8,10,14,17H,9H2,1-3H3. The first-order valence-electron chi connectivity index (χ1n) is 6.66. The van der Waals surface area contributed by atoms with E-state index >= 15 is 0 Å². The molecule has 5 nitrogen and oxygen atoms in total. The number of nitrogens with zero attached hydrogens (tertiary/aromatic N) is 3. The molecule has 0 radical (unpaired) electrons. The second-order valence-corrected chi connectivity index (χ2v) is 5.91. The Kier molecular flexibility index (Phi) is 5.14. The molecule has 0 saturated heterocycles. The predicted molar refractivity (Wildman–Crippen MR) is 85.6 cm³/mol. The summed E-state index contributed by atoms with van der Waals surface area (Å²) in [5, 5.41) is 7.18. The van der Waals surface area contributed by atoms with Gasteiger partial charge in [-0.3, -0.25) is 9.48 Å². The molecule has 6 heteroatoms. The lowest BCUT2D eigenvalue weighted by Gasteiger charge is -2.23. The Balaban J connectivity index is 2.10. The molecule has 2 aromatic rings. The lowest BCUT2D eigenvalue weighted by atomic mass is 10.1. The number of hydrogen-bond donors (Lipinski definition) is 1. The molecule has 0 spiro atoms. The zero-order chi connectivity index (χ0) is 15.4. The Morgan fingerprint density at radius 1 is 1.52 bits per heavy atom. The first-order chi connectivity index (χ1) is 10.0.